The van der Waals surface area contributed by atoms with Crippen LogP contribution in [0.3, 0.4) is 0 Å². The van der Waals surface area contributed by atoms with E-state index in [1.807, 2.05) is 30.5 Å². The highest BCUT2D eigenvalue weighted by atomic mass is 16.5. The van der Waals surface area contributed by atoms with E-state index in [2.05, 4.69) is 17.2 Å². The van der Waals surface area contributed by atoms with Gasteiger partial charge in [0, 0.05) is 12.5 Å². The van der Waals surface area contributed by atoms with Crippen LogP contribution in [0.5, 0.6) is 0 Å². The molecule has 1 aliphatic rings. The van der Waals surface area contributed by atoms with E-state index in [-0.39, 0.29) is 6.04 Å². The zero-order chi connectivity index (χ0) is 14.5. The highest BCUT2D eigenvalue weighted by Crippen LogP contribution is 2.28. The average molecular weight is 285 g/mol. The number of nitrogens with zero attached hydrogens (tertiary/aromatic N) is 2. The SMILES string of the molecule is CCCNC(c1cnc2ccccc2n1)C1CCCOC1. The first-order valence-corrected chi connectivity index (χ1v) is 7.91. The van der Waals surface area contributed by atoms with Crippen molar-refractivity contribution in [3.8, 4) is 0 Å². The van der Waals surface area contributed by atoms with E-state index in [9.17, 15) is 0 Å². The Labute approximate surface area is 125 Å². The van der Waals surface area contributed by atoms with Gasteiger partial charge >= 0.3 is 0 Å². The van der Waals surface area contributed by atoms with Gasteiger partial charge in [0.2, 0.25) is 0 Å². The maximum Gasteiger partial charge on any atom is 0.0890 e. The Bertz CT molecular complexity index is 581. The van der Waals surface area contributed by atoms with Crippen molar-refractivity contribution in [3.63, 3.8) is 0 Å². The maximum absolute atomic E-state index is 5.66. The summed E-state index contributed by atoms with van der Waals surface area (Å²) >= 11 is 0. The third-order valence-electron chi connectivity index (χ3n) is 4.07. The first-order chi connectivity index (χ1) is 10.4. The summed E-state index contributed by atoms with van der Waals surface area (Å²) in [4.78, 5) is 9.38. The van der Waals surface area contributed by atoms with Crippen LogP contribution in [0.15, 0.2) is 30.5 Å². The lowest BCUT2D eigenvalue weighted by Gasteiger charge is -2.30. The van der Waals surface area contributed by atoms with Crippen molar-refractivity contribution >= 4 is 11.0 Å². The summed E-state index contributed by atoms with van der Waals surface area (Å²) in [5.74, 6) is 0.487. The second-order valence-corrected chi connectivity index (χ2v) is 5.69. The van der Waals surface area contributed by atoms with Gasteiger partial charge in [0.05, 0.1) is 35.6 Å². The van der Waals surface area contributed by atoms with E-state index in [4.69, 9.17) is 9.72 Å². The molecule has 1 N–H and O–H groups in total. The van der Waals surface area contributed by atoms with Crippen molar-refractivity contribution < 1.29 is 4.74 Å². The lowest BCUT2D eigenvalue weighted by atomic mass is 9.91. The topological polar surface area (TPSA) is 47.0 Å². The first-order valence-electron chi connectivity index (χ1n) is 7.91. The number of benzene rings is 1. The van der Waals surface area contributed by atoms with Gasteiger partial charge in [-0.05, 0) is 37.9 Å². The molecule has 0 bridgehead atoms. The van der Waals surface area contributed by atoms with E-state index in [1.54, 1.807) is 0 Å². The molecular formula is C17H23N3O. The minimum Gasteiger partial charge on any atom is -0.381 e. The van der Waals surface area contributed by atoms with Crippen molar-refractivity contribution in [2.45, 2.75) is 32.2 Å². The molecule has 0 radical (unpaired) electrons. The molecule has 4 nitrogen and oxygen atoms in total. The summed E-state index contributed by atoms with van der Waals surface area (Å²) in [5.41, 5.74) is 2.96. The van der Waals surface area contributed by atoms with Crippen LogP contribution in [0.25, 0.3) is 11.0 Å². The van der Waals surface area contributed by atoms with Crippen molar-refractivity contribution in [3.05, 3.63) is 36.2 Å². The van der Waals surface area contributed by atoms with Crippen LogP contribution in [0.1, 0.15) is 37.9 Å². The van der Waals surface area contributed by atoms with E-state index >= 15 is 0 Å². The number of aromatic nitrogens is 2. The highest BCUT2D eigenvalue weighted by molar-refractivity contribution is 5.73. The predicted molar refractivity (Wildman–Crippen MR) is 84.1 cm³/mol. The molecule has 0 saturated carbocycles. The third-order valence-corrected chi connectivity index (χ3v) is 4.07. The summed E-state index contributed by atoms with van der Waals surface area (Å²) < 4.78 is 5.66. The fraction of sp³-hybridized carbons (Fsp3) is 0.529. The summed E-state index contributed by atoms with van der Waals surface area (Å²) in [6.45, 7) is 4.89. The van der Waals surface area contributed by atoms with Gasteiger partial charge in [0.15, 0.2) is 0 Å². The number of fused-ring (bicyclic) bond motifs is 1. The standard InChI is InChI=1S/C17H23N3O/c1-2-9-18-17(13-6-5-10-21-12-13)16-11-19-14-7-3-4-8-15(14)20-16/h3-4,7-8,11,13,17-18H,2,5-6,9-10,12H2,1H3. The number of para-hydroxylation sites is 2. The van der Waals surface area contributed by atoms with Gasteiger partial charge in [-0.25, -0.2) is 4.98 Å². The largest absolute Gasteiger partial charge is 0.381 e. The van der Waals surface area contributed by atoms with Gasteiger partial charge in [-0.15, -0.1) is 0 Å². The molecular weight excluding hydrogens is 262 g/mol. The first kappa shape index (κ1) is 14.4. The number of hydrogen-bond donors (Lipinski definition) is 1. The highest BCUT2D eigenvalue weighted by Gasteiger charge is 2.26. The minimum atomic E-state index is 0.238. The molecule has 2 unspecified atom stereocenters. The minimum absolute atomic E-state index is 0.238. The Morgan fingerprint density at radius 2 is 2.19 bits per heavy atom. The monoisotopic (exact) mass is 285 g/mol. The zero-order valence-electron chi connectivity index (χ0n) is 12.6. The van der Waals surface area contributed by atoms with Gasteiger partial charge in [0.1, 0.15) is 0 Å². The maximum atomic E-state index is 5.66. The Kier molecular flexibility index (Phi) is 4.78. The predicted octanol–water partition coefficient (Wildman–Crippen LogP) is 3.10. The lowest BCUT2D eigenvalue weighted by Crippen LogP contribution is -2.34. The van der Waals surface area contributed by atoms with Crippen LogP contribution >= 0.6 is 0 Å². The molecule has 2 aromatic rings. The Morgan fingerprint density at radius 3 is 2.95 bits per heavy atom. The van der Waals surface area contributed by atoms with Crippen LogP contribution < -0.4 is 5.32 Å². The Hall–Kier alpha value is -1.52. The van der Waals surface area contributed by atoms with Crippen molar-refractivity contribution in [1.82, 2.24) is 15.3 Å². The number of nitrogens with one attached hydrogen (secondary N) is 1. The number of ether oxygens (including phenoxy) is 1. The fourth-order valence-electron chi connectivity index (χ4n) is 2.96. The van der Waals surface area contributed by atoms with Gasteiger partial charge in [-0.3, -0.25) is 4.98 Å². The second kappa shape index (κ2) is 6.96. The molecule has 3 rings (SSSR count). The Balaban J connectivity index is 1.88. The van der Waals surface area contributed by atoms with E-state index < -0.39 is 0 Å². The van der Waals surface area contributed by atoms with Crippen LogP contribution in [0.4, 0.5) is 0 Å². The normalized spacial score (nSPS) is 20.5. The summed E-state index contributed by atoms with van der Waals surface area (Å²) in [6.07, 6.45) is 5.36. The third kappa shape index (κ3) is 3.39. The molecule has 112 valence electrons. The summed E-state index contributed by atoms with van der Waals surface area (Å²) in [6, 6.07) is 8.28. The summed E-state index contributed by atoms with van der Waals surface area (Å²) in [5, 5.41) is 3.64. The van der Waals surface area contributed by atoms with E-state index in [0.717, 1.165) is 49.3 Å². The number of hydrogen-bond acceptors (Lipinski definition) is 4. The van der Waals surface area contributed by atoms with Gasteiger partial charge in [-0.2, -0.15) is 0 Å². The van der Waals surface area contributed by atoms with Gasteiger partial charge in [0.25, 0.3) is 0 Å². The molecule has 0 aliphatic carbocycles. The molecule has 1 aromatic heterocycles. The molecule has 2 atom stereocenters. The summed E-state index contributed by atoms with van der Waals surface area (Å²) in [7, 11) is 0. The molecule has 0 amide bonds. The molecule has 1 saturated heterocycles. The van der Waals surface area contributed by atoms with Crippen LogP contribution in [-0.4, -0.2) is 29.7 Å². The van der Waals surface area contributed by atoms with Gasteiger partial charge < -0.3 is 10.1 Å². The van der Waals surface area contributed by atoms with Crippen molar-refractivity contribution in [2.24, 2.45) is 5.92 Å². The van der Waals surface area contributed by atoms with E-state index in [0.29, 0.717) is 5.92 Å². The quantitative estimate of drug-likeness (QED) is 0.917. The lowest BCUT2D eigenvalue weighted by molar-refractivity contribution is 0.0384. The van der Waals surface area contributed by atoms with Crippen LogP contribution in [0, 0.1) is 5.92 Å². The molecule has 1 aromatic carbocycles. The molecule has 1 fully saturated rings. The van der Waals surface area contributed by atoms with Crippen LogP contribution in [-0.2, 0) is 4.74 Å². The molecule has 4 heteroatoms. The Morgan fingerprint density at radius 1 is 1.33 bits per heavy atom. The van der Waals surface area contributed by atoms with Crippen LogP contribution in [0.2, 0.25) is 0 Å². The fourth-order valence-corrected chi connectivity index (χ4v) is 2.96. The smallest absolute Gasteiger partial charge is 0.0890 e. The van der Waals surface area contributed by atoms with Gasteiger partial charge in [-0.1, -0.05) is 19.1 Å². The second-order valence-electron chi connectivity index (χ2n) is 5.69. The molecule has 2 heterocycles. The van der Waals surface area contributed by atoms with E-state index in [1.165, 1.54) is 6.42 Å². The molecule has 0 spiro atoms. The van der Waals surface area contributed by atoms with Crippen molar-refractivity contribution in [2.75, 3.05) is 19.8 Å². The average Bonchev–Trinajstić information content (AvgIpc) is 2.56. The zero-order valence-corrected chi connectivity index (χ0v) is 12.6. The molecule has 21 heavy (non-hydrogen) atoms. The molecule has 1 aliphatic heterocycles. The number of rotatable bonds is 5. The van der Waals surface area contributed by atoms with Crippen molar-refractivity contribution in [1.29, 1.82) is 0 Å².